The molecule has 2 amide bonds. The lowest BCUT2D eigenvalue weighted by molar-refractivity contribution is -0.114. The van der Waals surface area contributed by atoms with Crippen LogP contribution >= 0.6 is 11.3 Å². The van der Waals surface area contributed by atoms with Gasteiger partial charge in [0.15, 0.2) is 0 Å². The molecule has 7 heteroatoms. The highest BCUT2D eigenvalue weighted by atomic mass is 32.1. The van der Waals surface area contributed by atoms with Gasteiger partial charge in [-0.3, -0.25) is 9.59 Å². The van der Waals surface area contributed by atoms with Gasteiger partial charge in [0, 0.05) is 42.7 Å². The number of rotatable bonds is 4. The summed E-state index contributed by atoms with van der Waals surface area (Å²) in [5, 5.41) is 5.19. The SMILES string of the molecule is CC(=O)Nc1ccc(C(=O)N2CCC(Oc3nccs3)C2)cc1. The van der Waals surface area contributed by atoms with Crippen LogP contribution in [0.25, 0.3) is 0 Å². The molecule has 3 rings (SSSR count). The zero-order chi connectivity index (χ0) is 16.2. The second-order valence-electron chi connectivity index (χ2n) is 5.34. The van der Waals surface area contributed by atoms with Gasteiger partial charge >= 0.3 is 0 Å². The number of anilines is 1. The van der Waals surface area contributed by atoms with E-state index in [0.717, 1.165) is 6.42 Å². The number of aromatic nitrogens is 1. The minimum atomic E-state index is -0.134. The molecule has 2 aromatic rings. The Balaban J connectivity index is 1.59. The van der Waals surface area contributed by atoms with Crippen molar-refractivity contribution in [2.24, 2.45) is 0 Å². The third kappa shape index (κ3) is 3.87. The van der Waals surface area contributed by atoms with E-state index in [-0.39, 0.29) is 17.9 Å². The highest BCUT2D eigenvalue weighted by molar-refractivity contribution is 7.11. The molecule has 1 N–H and O–H groups in total. The normalized spacial score (nSPS) is 17.1. The van der Waals surface area contributed by atoms with Gasteiger partial charge in [0.2, 0.25) is 5.91 Å². The predicted octanol–water partition coefficient (Wildman–Crippen LogP) is 2.40. The van der Waals surface area contributed by atoms with Crippen molar-refractivity contribution in [1.29, 1.82) is 0 Å². The number of ether oxygens (including phenoxy) is 1. The van der Waals surface area contributed by atoms with Crippen molar-refractivity contribution >= 4 is 28.8 Å². The first-order valence-corrected chi connectivity index (χ1v) is 8.23. The van der Waals surface area contributed by atoms with Gasteiger partial charge in [-0.1, -0.05) is 11.3 Å². The van der Waals surface area contributed by atoms with Crippen LogP contribution in [0.2, 0.25) is 0 Å². The Morgan fingerprint density at radius 2 is 2.13 bits per heavy atom. The van der Waals surface area contributed by atoms with Crippen LogP contribution in [0, 0.1) is 0 Å². The first kappa shape index (κ1) is 15.5. The van der Waals surface area contributed by atoms with Crippen LogP contribution in [-0.2, 0) is 4.79 Å². The van der Waals surface area contributed by atoms with Crippen molar-refractivity contribution in [3.05, 3.63) is 41.4 Å². The van der Waals surface area contributed by atoms with Crippen LogP contribution in [-0.4, -0.2) is 40.9 Å². The molecule has 0 aliphatic carbocycles. The predicted molar refractivity (Wildman–Crippen MR) is 87.8 cm³/mol. The molecule has 0 spiro atoms. The highest BCUT2D eigenvalue weighted by Gasteiger charge is 2.28. The Morgan fingerprint density at radius 3 is 2.78 bits per heavy atom. The van der Waals surface area contributed by atoms with Crippen LogP contribution in [0.5, 0.6) is 5.19 Å². The summed E-state index contributed by atoms with van der Waals surface area (Å²) in [4.78, 5) is 29.4. The molecule has 1 aliphatic heterocycles. The fourth-order valence-corrected chi connectivity index (χ4v) is 3.05. The zero-order valence-corrected chi connectivity index (χ0v) is 13.5. The van der Waals surface area contributed by atoms with Crippen molar-refractivity contribution in [2.45, 2.75) is 19.4 Å². The highest BCUT2D eigenvalue weighted by Crippen LogP contribution is 2.22. The molecule has 0 saturated carbocycles. The molecular weight excluding hydrogens is 314 g/mol. The molecule has 23 heavy (non-hydrogen) atoms. The molecule has 1 unspecified atom stereocenters. The first-order chi connectivity index (χ1) is 11.1. The number of likely N-dealkylation sites (tertiary alicyclic amines) is 1. The molecule has 6 nitrogen and oxygen atoms in total. The molecule has 120 valence electrons. The lowest BCUT2D eigenvalue weighted by atomic mass is 10.2. The van der Waals surface area contributed by atoms with Gasteiger partial charge < -0.3 is 15.0 Å². The Bertz CT molecular complexity index is 685. The van der Waals surface area contributed by atoms with E-state index < -0.39 is 0 Å². The molecule has 1 atom stereocenters. The van der Waals surface area contributed by atoms with Crippen LogP contribution in [0.4, 0.5) is 5.69 Å². The minimum absolute atomic E-state index is 0.0104. The summed E-state index contributed by atoms with van der Waals surface area (Å²) < 4.78 is 5.76. The summed E-state index contributed by atoms with van der Waals surface area (Å²) in [5.41, 5.74) is 1.29. The van der Waals surface area contributed by atoms with Crippen LogP contribution in [0.3, 0.4) is 0 Å². The van der Waals surface area contributed by atoms with Gasteiger partial charge in [-0.25, -0.2) is 4.98 Å². The molecule has 2 heterocycles. The fraction of sp³-hybridized carbons (Fsp3) is 0.312. The van der Waals surface area contributed by atoms with Crippen molar-refractivity contribution in [1.82, 2.24) is 9.88 Å². The van der Waals surface area contributed by atoms with Crippen molar-refractivity contribution in [3.8, 4) is 5.19 Å². The van der Waals surface area contributed by atoms with E-state index in [4.69, 9.17) is 4.74 Å². The van der Waals surface area contributed by atoms with Crippen LogP contribution in [0.15, 0.2) is 35.8 Å². The van der Waals surface area contributed by atoms with Gasteiger partial charge in [0.1, 0.15) is 6.10 Å². The Labute approximate surface area is 138 Å². The standard InChI is InChI=1S/C16H17N3O3S/c1-11(20)18-13-4-2-12(3-5-13)15(21)19-8-6-14(10-19)22-16-17-7-9-23-16/h2-5,7,9,14H,6,8,10H2,1H3,(H,18,20). The number of hydrogen-bond donors (Lipinski definition) is 1. The summed E-state index contributed by atoms with van der Waals surface area (Å²) in [5.74, 6) is -0.157. The topological polar surface area (TPSA) is 71.5 Å². The van der Waals surface area contributed by atoms with Gasteiger partial charge in [-0.15, -0.1) is 0 Å². The van der Waals surface area contributed by atoms with E-state index in [1.54, 1.807) is 35.4 Å². The van der Waals surface area contributed by atoms with Crippen LogP contribution < -0.4 is 10.1 Å². The van der Waals surface area contributed by atoms with Crippen molar-refractivity contribution in [2.75, 3.05) is 18.4 Å². The van der Waals surface area contributed by atoms with E-state index in [1.165, 1.54) is 18.3 Å². The van der Waals surface area contributed by atoms with Crippen molar-refractivity contribution < 1.29 is 14.3 Å². The number of carbonyl (C=O) groups excluding carboxylic acids is 2. The Morgan fingerprint density at radius 1 is 1.35 bits per heavy atom. The summed E-state index contributed by atoms with van der Waals surface area (Å²) >= 11 is 1.45. The number of amides is 2. The average Bonchev–Trinajstić information content (AvgIpc) is 3.19. The van der Waals surface area contributed by atoms with Gasteiger partial charge in [-0.05, 0) is 24.3 Å². The zero-order valence-electron chi connectivity index (χ0n) is 12.7. The number of hydrogen-bond acceptors (Lipinski definition) is 5. The number of carbonyl (C=O) groups is 2. The third-order valence-electron chi connectivity index (χ3n) is 3.56. The third-order valence-corrected chi connectivity index (χ3v) is 4.22. The van der Waals surface area contributed by atoms with Crippen molar-refractivity contribution in [3.63, 3.8) is 0 Å². The number of benzene rings is 1. The number of thiazole rings is 1. The van der Waals surface area contributed by atoms with Gasteiger partial charge in [-0.2, -0.15) is 0 Å². The van der Waals surface area contributed by atoms with Gasteiger partial charge in [0.25, 0.3) is 11.1 Å². The van der Waals surface area contributed by atoms with E-state index in [2.05, 4.69) is 10.3 Å². The minimum Gasteiger partial charge on any atom is -0.465 e. The smallest absolute Gasteiger partial charge is 0.273 e. The largest absolute Gasteiger partial charge is 0.465 e. The molecule has 0 radical (unpaired) electrons. The van der Waals surface area contributed by atoms with E-state index in [0.29, 0.717) is 29.5 Å². The summed E-state index contributed by atoms with van der Waals surface area (Å²) in [6.07, 6.45) is 2.49. The quantitative estimate of drug-likeness (QED) is 0.934. The maximum Gasteiger partial charge on any atom is 0.273 e. The van der Waals surface area contributed by atoms with E-state index in [1.807, 2.05) is 5.38 Å². The van der Waals surface area contributed by atoms with E-state index >= 15 is 0 Å². The lowest BCUT2D eigenvalue weighted by Crippen LogP contribution is -2.30. The molecule has 1 aromatic heterocycles. The summed E-state index contributed by atoms with van der Waals surface area (Å²) in [6, 6.07) is 6.91. The molecule has 1 fully saturated rings. The summed E-state index contributed by atoms with van der Waals surface area (Å²) in [6.45, 7) is 2.68. The maximum atomic E-state index is 12.5. The molecule has 1 aromatic carbocycles. The fourth-order valence-electron chi connectivity index (χ4n) is 2.50. The number of nitrogens with one attached hydrogen (secondary N) is 1. The molecule has 1 saturated heterocycles. The second kappa shape index (κ2) is 6.78. The second-order valence-corrected chi connectivity index (χ2v) is 6.19. The Kier molecular flexibility index (Phi) is 4.57. The lowest BCUT2D eigenvalue weighted by Gasteiger charge is -2.16. The van der Waals surface area contributed by atoms with Gasteiger partial charge in [0.05, 0.1) is 6.54 Å². The monoisotopic (exact) mass is 331 g/mol. The maximum absolute atomic E-state index is 12.5. The Hall–Kier alpha value is -2.41. The first-order valence-electron chi connectivity index (χ1n) is 7.35. The average molecular weight is 331 g/mol. The van der Waals surface area contributed by atoms with Crippen LogP contribution in [0.1, 0.15) is 23.7 Å². The van der Waals surface area contributed by atoms with E-state index in [9.17, 15) is 9.59 Å². The number of nitrogens with zero attached hydrogens (tertiary/aromatic N) is 2. The molecular formula is C16H17N3O3S. The molecule has 0 bridgehead atoms. The summed E-state index contributed by atoms with van der Waals surface area (Å²) in [7, 11) is 0. The molecule has 1 aliphatic rings.